The molecule has 0 aromatic heterocycles. The third kappa shape index (κ3) is 5.37. The molecule has 2 aliphatic heterocycles. The molecule has 2 unspecified atom stereocenters. The number of alkyl halides is 3. The zero-order valence-electron chi connectivity index (χ0n) is 15.3. The van der Waals surface area contributed by atoms with E-state index in [9.17, 15) is 23.1 Å². The Balaban J connectivity index is 1.58. The number of aliphatic hydroxyl groups is 1. The molecule has 4 nitrogen and oxygen atoms in total. The second-order valence-electron chi connectivity index (χ2n) is 7.79. The Labute approximate surface area is 157 Å². The molecule has 3 rings (SSSR count). The van der Waals surface area contributed by atoms with Crippen LogP contribution in [0.5, 0.6) is 0 Å². The third-order valence-electron chi connectivity index (χ3n) is 5.61. The fourth-order valence-electron chi connectivity index (χ4n) is 4.44. The molecular formula is C20H26F3NO3. The van der Waals surface area contributed by atoms with Crippen molar-refractivity contribution in [1.29, 1.82) is 0 Å². The second kappa shape index (κ2) is 8.09. The van der Waals surface area contributed by atoms with Crippen LogP contribution in [0.1, 0.15) is 56.9 Å². The van der Waals surface area contributed by atoms with Crippen molar-refractivity contribution in [3.05, 3.63) is 35.9 Å². The number of rotatable bonds is 5. The van der Waals surface area contributed by atoms with E-state index < -0.39 is 24.3 Å². The van der Waals surface area contributed by atoms with E-state index in [1.807, 2.05) is 30.3 Å². The highest BCUT2D eigenvalue weighted by Gasteiger charge is 2.47. The topological polar surface area (TPSA) is 49.8 Å². The standard InChI is InChI=1S/C20H26F3NO3/c21-20(22,23)11-5-10-19(26)12-16-8-4-9-17(13-19)24(16)18(25)27-14-15-6-2-1-3-7-15/h1-3,6-7,16-17,26H,4-5,8-14H2. The number of carbonyl (C=O) groups is 1. The molecule has 2 heterocycles. The molecule has 1 amide bonds. The third-order valence-corrected chi connectivity index (χ3v) is 5.61. The van der Waals surface area contributed by atoms with Crippen molar-refractivity contribution in [1.82, 2.24) is 4.90 Å². The van der Waals surface area contributed by atoms with E-state index in [0.717, 1.165) is 24.8 Å². The number of nitrogens with zero attached hydrogens (tertiary/aromatic N) is 1. The van der Waals surface area contributed by atoms with Crippen LogP contribution in [0.3, 0.4) is 0 Å². The van der Waals surface area contributed by atoms with Crippen molar-refractivity contribution in [3.63, 3.8) is 0 Å². The van der Waals surface area contributed by atoms with Crippen molar-refractivity contribution in [2.24, 2.45) is 0 Å². The monoisotopic (exact) mass is 385 g/mol. The number of fused-ring (bicyclic) bond motifs is 2. The number of benzene rings is 1. The summed E-state index contributed by atoms with van der Waals surface area (Å²) in [5.41, 5.74) is -0.228. The van der Waals surface area contributed by atoms with Gasteiger partial charge in [0, 0.05) is 18.5 Å². The quantitative estimate of drug-likeness (QED) is 0.792. The van der Waals surface area contributed by atoms with Crippen molar-refractivity contribution in [2.75, 3.05) is 0 Å². The van der Waals surface area contributed by atoms with Crippen LogP contribution in [-0.4, -0.2) is 40.0 Å². The Morgan fingerprint density at radius 2 is 1.81 bits per heavy atom. The normalized spacial score (nSPS) is 28.1. The van der Waals surface area contributed by atoms with Gasteiger partial charge in [-0.3, -0.25) is 0 Å². The van der Waals surface area contributed by atoms with E-state index in [1.165, 1.54) is 0 Å². The zero-order valence-corrected chi connectivity index (χ0v) is 15.3. The highest BCUT2D eigenvalue weighted by Crippen LogP contribution is 2.42. The van der Waals surface area contributed by atoms with E-state index in [4.69, 9.17) is 4.74 Å². The maximum Gasteiger partial charge on any atom is 0.410 e. The van der Waals surface area contributed by atoms with Gasteiger partial charge in [-0.25, -0.2) is 4.79 Å². The predicted octanol–water partition coefficient (Wildman–Crippen LogP) is 4.80. The maximum atomic E-state index is 12.6. The van der Waals surface area contributed by atoms with Gasteiger partial charge in [-0.05, 0) is 50.5 Å². The summed E-state index contributed by atoms with van der Waals surface area (Å²) in [5.74, 6) is 0. The number of hydrogen-bond donors (Lipinski definition) is 1. The lowest BCUT2D eigenvalue weighted by Gasteiger charge is -2.51. The first-order valence-electron chi connectivity index (χ1n) is 9.54. The van der Waals surface area contributed by atoms with Gasteiger partial charge in [0.25, 0.3) is 0 Å². The number of halogens is 3. The first-order chi connectivity index (χ1) is 12.8. The SMILES string of the molecule is O=C(OCc1ccccc1)N1C2CCCC1CC(O)(CCCC(F)(F)F)C2. The molecule has 7 heteroatoms. The summed E-state index contributed by atoms with van der Waals surface area (Å²) < 4.78 is 42.7. The molecule has 0 spiro atoms. The Bertz CT molecular complexity index is 621. The lowest BCUT2D eigenvalue weighted by atomic mass is 9.74. The van der Waals surface area contributed by atoms with Gasteiger partial charge in [-0.2, -0.15) is 13.2 Å². The molecule has 2 bridgehead atoms. The molecule has 0 saturated carbocycles. The number of piperidine rings is 2. The van der Waals surface area contributed by atoms with Crippen molar-refractivity contribution in [2.45, 2.75) is 81.8 Å². The summed E-state index contributed by atoms with van der Waals surface area (Å²) in [7, 11) is 0. The smallest absolute Gasteiger partial charge is 0.410 e. The van der Waals surface area contributed by atoms with Gasteiger partial charge in [-0.1, -0.05) is 30.3 Å². The minimum Gasteiger partial charge on any atom is -0.445 e. The molecule has 2 aliphatic rings. The molecular weight excluding hydrogens is 359 g/mol. The predicted molar refractivity (Wildman–Crippen MR) is 94.0 cm³/mol. The molecule has 150 valence electrons. The van der Waals surface area contributed by atoms with Crippen LogP contribution in [0.25, 0.3) is 0 Å². The Hall–Kier alpha value is -1.76. The number of ether oxygens (including phenoxy) is 1. The van der Waals surface area contributed by atoms with Gasteiger partial charge in [0.05, 0.1) is 5.60 Å². The number of hydrogen-bond acceptors (Lipinski definition) is 3. The molecule has 2 atom stereocenters. The lowest BCUT2D eigenvalue weighted by Crippen LogP contribution is -2.59. The average molecular weight is 385 g/mol. The minimum atomic E-state index is -4.20. The van der Waals surface area contributed by atoms with E-state index in [-0.39, 0.29) is 31.5 Å². The van der Waals surface area contributed by atoms with Gasteiger partial charge < -0.3 is 14.7 Å². The summed E-state index contributed by atoms with van der Waals surface area (Å²) >= 11 is 0. The largest absolute Gasteiger partial charge is 0.445 e. The van der Waals surface area contributed by atoms with Crippen LogP contribution in [0.2, 0.25) is 0 Å². The zero-order chi connectivity index (χ0) is 19.5. The molecule has 1 aromatic rings. The van der Waals surface area contributed by atoms with Gasteiger partial charge in [0.2, 0.25) is 0 Å². The van der Waals surface area contributed by atoms with Gasteiger partial charge in [0.15, 0.2) is 0 Å². The molecule has 1 aromatic carbocycles. The summed E-state index contributed by atoms with van der Waals surface area (Å²) in [6.45, 7) is 0.186. The van der Waals surface area contributed by atoms with Crippen molar-refractivity contribution in [3.8, 4) is 0 Å². The van der Waals surface area contributed by atoms with E-state index in [1.54, 1.807) is 4.90 Å². The maximum absolute atomic E-state index is 12.6. The van der Waals surface area contributed by atoms with Crippen LogP contribution in [0.15, 0.2) is 30.3 Å². The summed E-state index contributed by atoms with van der Waals surface area (Å²) in [6.07, 6.45) is -2.35. The van der Waals surface area contributed by atoms with Gasteiger partial charge in [-0.15, -0.1) is 0 Å². The average Bonchev–Trinajstić information content (AvgIpc) is 2.58. The highest BCUT2D eigenvalue weighted by atomic mass is 19.4. The van der Waals surface area contributed by atoms with E-state index in [0.29, 0.717) is 12.8 Å². The summed E-state index contributed by atoms with van der Waals surface area (Å²) in [6, 6.07) is 9.06. The molecule has 2 saturated heterocycles. The van der Waals surface area contributed by atoms with E-state index in [2.05, 4.69) is 0 Å². The molecule has 0 radical (unpaired) electrons. The van der Waals surface area contributed by atoms with Crippen LogP contribution in [0, 0.1) is 0 Å². The first-order valence-corrected chi connectivity index (χ1v) is 9.54. The minimum absolute atomic E-state index is 0.0854. The first kappa shape index (κ1) is 20.0. The number of carbonyl (C=O) groups excluding carboxylic acids is 1. The van der Waals surface area contributed by atoms with Crippen LogP contribution in [0.4, 0.5) is 18.0 Å². The van der Waals surface area contributed by atoms with Crippen LogP contribution in [-0.2, 0) is 11.3 Å². The molecule has 0 aliphatic carbocycles. The number of amides is 1. The highest BCUT2D eigenvalue weighted by molar-refractivity contribution is 5.69. The fraction of sp³-hybridized carbons (Fsp3) is 0.650. The van der Waals surface area contributed by atoms with Crippen LogP contribution >= 0.6 is 0 Å². The molecule has 2 fully saturated rings. The Morgan fingerprint density at radius 1 is 1.19 bits per heavy atom. The van der Waals surface area contributed by atoms with Gasteiger partial charge >= 0.3 is 12.3 Å². The Kier molecular flexibility index (Phi) is 5.99. The summed E-state index contributed by atoms with van der Waals surface area (Å²) in [4.78, 5) is 14.3. The van der Waals surface area contributed by atoms with Gasteiger partial charge in [0.1, 0.15) is 6.61 Å². The molecule has 27 heavy (non-hydrogen) atoms. The fourth-order valence-corrected chi connectivity index (χ4v) is 4.44. The molecule has 1 N–H and O–H groups in total. The van der Waals surface area contributed by atoms with E-state index >= 15 is 0 Å². The Morgan fingerprint density at radius 3 is 2.41 bits per heavy atom. The lowest BCUT2D eigenvalue weighted by molar-refractivity contribution is -0.141. The van der Waals surface area contributed by atoms with Crippen molar-refractivity contribution < 1.29 is 27.8 Å². The summed E-state index contributed by atoms with van der Waals surface area (Å²) in [5, 5.41) is 10.8. The second-order valence-corrected chi connectivity index (χ2v) is 7.79. The van der Waals surface area contributed by atoms with Crippen molar-refractivity contribution >= 4 is 6.09 Å². The van der Waals surface area contributed by atoms with Crippen LogP contribution < -0.4 is 0 Å².